The Labute approximate surface area is 115 Å². The van der Waals surface area contributed by atoms with Crippen molar-refractivity contribution in [2.24, 2.45) is 0 Å². The summed E-state index contributed by atoms with van der Waals surface area (Å²) in [6, 6.07) is 2.80. The number of pyridine rings is 1. The number of amides is 1. The Kier molecular flexibility index (Phi) is 4.15. The highest BCUT2D eigenvalue weighted by molar-refractivity contribution is 5.94. The molecule has 1 aromatic rings. The average molecular weight is 287 g/mol. The Morgan fingerprint density at radius 3 is 2.60 bits per heavy atom. The van der Waals surface area contributed by atoms with Crippen molar-refractivity contribution >= 4 is 11.7 Å². The van der Waals surface area contributed by atoms with Crippen molar-refractivity contribution in [2.75, 3.05) is 18.4 Å². The molecular weight excluding hydrogens is 271 g/mol. The monoisotopic (exact) mass is 287 g/mol. The van der Waals surface area contributed by atoms with E-state index < -0.39 is 18.6 Å². The number of carbonyl (C=O) groups is 1. The number of nitrogens with zero attached hydrogens (tertiary/aromatic N) is 2. The van der Waals surface area contributed by atoms with E-state index in [1.807, 2.05) is 6.92 Å². The van der Waals surface area contributed by atoms with Crippen LogP contribution in [-0.2, 0) is 0 Å². The smallest absolute Gasteiger partial charge is 0.370 e. The first-order valence-corrected chi connectivity index (χ1v) is 6.48. The second kappa shape index (κ2) is 5.68. The van der Waals surface area contributed by atoms with Gasteiger partial charge in [0.2, 0.25) is 0 Å². The van der Waals surface area contributed by atoms with Crippen LogP contribution in [0.1, 0.15) is 30.1 Å². The van der Waals surface area contributed by atoms with Gasteiger partial charge in [-0.2, -0.15) is 13.2 Å². The molecule has 0 aliphatic heterocycles. The standard InChI is InChI=1S/C13H16F3N3O/c1-2-17-11-6-3-9(7-18-11)12(20)19(10-4-5-10)8-13(14,15)16/h3,6-7,10H,2,4-5,8H2,1H3,(H,17,18). The van der Waals surface area contributed by atoms with Crippen LogP contribution in [0.15, 0.2) is 18.3 Å². The molecule has 7 heteroatoms. The van der Waals surface area contributed by atoms with Crippen LogP contribution in [0.5, 0.6) is 0 Å². The van der Waals surface area contributed by atoms with Crippen molar-refractivity contribution in [3.8, 4) is 0 Å². The van der Waals surface area contributed by atoms with E-state index in [0.717, 1.165) is 4.90 Å². The molecule has 20 heavy (non-hydrogen) atoms. The molecular formula is C13H16F3N3O. The van der Waals surface area contributed by atoms with Gasteiger partial charge < -0.3 is 10.2 Å². The normalized spacial score (nSPS) is 15.0. The third kappa shape index (κ3) is 3.85. The molecule has 0 atom stereocenters. The second-order valence-corrected chi connectivity index (χ2v) is 4.74. The van der Waals surface area contributed by atoms with Crippen LogP contribution >= 0.6 is 0 Å². The van der Waals surface area contributed by atoms with E-state index in [-0.39, 0.29) is 11.6 Å². The second-order valence-electron chi connectivity index (χ2n) is 4.74. The van der Waals surface area contributed by atoms with Crippen LogP contribution < -0.4 is 5.32 Å². The summed E-state index contributed by atoms with van der Waals surface area (Å²) in [7, 11) is 0. The quantitative estimate of drug-likeness (QED) is 0.905. The van der Waals surface area contributed by atoms with Gasteiger partial charge in [0.1, 0.15) is 12.4 Å². The molecule has 0 aromatic carbocycles. The molecule has 1 saturated carbocycles. The van der Waals surface area contributed by atoms with Crippen LogP contribution in [0.4, 0.5) is 19.0 Å². The highest BCUT2D eigenvalue weighted by atomic mass is 19.4. The molecule has 0 radical (unpaired) electrons. The zero-order chi connectivity index (χ0) is 14.8. The number of hydrogen-bond donors (Lipinski definition) is 1. The van der Waals surface area contributed by atoms with Gasteiger partial charge in [0.25, 0.3) is 5.91 Å². The van der Waals surface area contributed by atoms with Crippen molar-refractivity contribution in [1.29, 1.82) is 0 Å². The number of carbonyl (C=O) groups excluding carboxylic acids is 1. The van der Waals surface area contributed by atoms with Gasteiger partial charge in [0, 0.05) is 18.8 Å². The highest BCUT2D eigenvalue weighted by Gasteiger charge is 2.40. The molecule has 1 aliphatic rings. The summed E-state index contributed by atoms with van der Waals surface area (Å²) < 4.78 is 37.5. The molecule has 0 spiro atoms. The lowest BCUT2D eigenvalue weighted by Crippen LogP contribution is -2.40. The molecule has 2 rings (SSSR count). The number of hydrogen-bond acceptors (Lipinski definition) is 3. The first-order valence-electron chi connectivity index (χ1n) is 6.48. The van der Waals surface area contributed by atoms with Gasteiger partial charge in [-0.15, -0.1) is 0 Å². The minimum atomic E-state index is -4.38. The fraction of sp³-hybridized carbons (Fsp3) is 0.538. The molecule has 1 aliphatic carbocycles. The zero-order valence-electron chi connectivity index (χ0n) is 11.1. The lowest BCUT2D eigenvalue weighted by atomic mass is 10.2. The van der Waals surface area contributed by atoms with E-state index in [2.05, 4.69) is 10.3 Å². The molecule has 110 valence electrons. The van der Waals surface area contributed by atoms with Crippen molar-refractivity contribution in [2.45, 2.75) is 32.0 Å². The summed E-state index contributed by atoms with van der Waals surface area (Å²) in [5, 5.41) is 2.96. The maximum Gasteiger partial charge on any atom is 0.406 e. The average Bonchev–Trinajstić information content (AvgIpc) is 3.20. The number of nitrogens with one attached hydrogen (secondary N) is 1. The Bertz CT molecular complexity index is 469. The van der Waals surface area contributed by atoms with E-state index in [1.54, 1.807) is 6.07 Å². The van der Waals surface area contributed by atoms with E-state index >= 15 is 0 Å². The minimum Gasteiger partial charge on any atom is -0.370 e. The predicted octanol–water partition coefficient (Wildman–Crippen LogP) is 2.68. The zero-order valence-corrected chi connectivity index (χ0v) is 11.1. The van der Waals surface area contributed by atoms with Crippen LogP contribution in [0.2, 0.25) is 0 Å². The summed E-state index contributed by atoms with van der Waals surface area (Å²) in [5.41, 5.74) is 0.183. The number of halogens is 3. The molecule has 1 amide bonds. The summed E-state index contributed by atoms with van der Waals surface area (Å²) in [4.78, 5) is 17.0. The van der Waals surface area contributed by atoms with Crippen LogP contribution in [-0.4, -0.2) is 41.1 Å². The van der Waals surface area contributed by atoms with Crippen molar-refractivity contribution in [3.63, 3.8) is 0 Å². The van der Waals surface area contributed by atoms with E-state index in [1.165, 1.54) is 12.3 Å². The molecule has 4 nitrogen and oxygen atoms in total. The van der Waals surface area contributed by atoms with E-state index in [0.29, 0.717) is 25.2 Å². The molecule has 1 N–H and O–H groups in total. The fourth-order valence-corrected chi connectivity index (χ4v) is 1.92. The third-order valence-electron chi connectivity index (χ3n) is 2.97. The van der Waals surface area contributed by atoms with Gasteiger partial charge in [0.05, 0.1) is 5.56 Å². The van der Waals surface area contributed by atoms with Crippen molar-refractivity contribution in [1.82, 2.24) is 9.88 Å². The highest BCUT2D eigenvalue weighted by Crippen LogP contribution is 2.31. The van der Waals surface area contributed by atoms with E-state index in [9.17, 15) is 18.0 Å². The van der Waals surface area contributed by atoms with Gasteiger partial charge in [0.15, 0.2) is 0 Å². The predicted molar refractivity (Wildman–Crippen MR) is 68.5 cm³/mol. The lowest BCUT2D eigenvalue weighted by Gasteiger charge is -2.23. The van der Waals surface area contributed by atoms with Crippen LogP contribution in [0.25, 0.3) is 0 Å². The first kappa shape index (κ1) is 14.6. The fourth-order valence-electron chi connectivity index (χ4n) is 1.92. The Balaban J connectivity index is 2.10. The van der Waals surface area contributed by atoms with Crippen LogP contribution in [0, 0.1) is 0 Å². The van der Waals surface area contributed by atoms with Gasteiger partial charge in [-0.3, -0.25) is 4.79 Å². The maximum atomic E-state index is 12.5. The SMILES string of the molecule is CCNc1ccc(C(=O)N(CC(F)(F)F)C2CC2)cn1. The number of aromatic nitrogens is 1. The number of anilines is 1. The first-order chi connectivity index (χ1) is 9.40. The van der Waals surface area contributed by atoms with Gasteiger partial charge in [-0.25, -0.2) is 4.98 Å². The maximum absolute atomic E-state index is 12.5. The summed E-state index contributed by atoms with van der Waals surface area (Å²) in [6.07, 6.45) is -1.81. The minimum absolute atomic E-state index is 0.183. The molecule has 0 saturated heterocycles. The van der Waals surface area contributed by atoms with Gasteiger partial charge in [-0.05, 0) is 31.9 Å². The number of alkyl halides is 3. The molecule has 1 aromatic heterocycles. The van der Waals surface area contributed by atoms with E-state index in [4.69, 9.17) is 0 Å². The molecule has 0 bridgehead atoms. The molecule has 1 fully saturated rings. The summed E-state index contributed by atoms with van der Waals surface area (Å²) >= 11 is 0. The largest absolute Gasteiger partial charge is 0.406 e. The van der Waals surface area contributed by atoms with Gasteiger partial charge in [-0.1, -0.05) is 0 Å². The van der Waals surface area contributed by atoms with Gasteiger partial charge >= 0.3 is 6.18 Å². The summed E-state index contributed by atoms with van der Waals surface area (Å²) in [5.74, 6) is -0.0155. The lowest BCUT2D eigenvalue weighted by molar-refractivity contribution is -0.141. The third-order valence-corrected chi connectivity index (χ3v) is 2.97. The van der Waals surface area contributed by atoms with Crippen molar-refractivity contribution < 1.29 is 18.0 Å². The van der Waals surface area contributed by atoms with Crippen LogP contribution in [0.3, 0.4) is 0 Å². The summed E-state index contributed by atoms with van der Waals surface area (Å²) in [6.45, 7) is 1.38. The molecule has 1 heterocycles. The Hall–Kier alpha value is -1.79. The van der Waals surface area contributed by atoms with Crippen molar-refractivity contribution in [3.05, 3.63) is 23.9 Å². The Morgan fingerprint density at radius 1 is 1.45 bits per heavy atom. The topological polar surface area (TPSA) is 45.2 Å². The Morgan fingerprint density at radius 2 is 2.15 bits per heavy atom. The number of rotatable bonds is 5. The molecule has 0 unspecified atom stereocenters.